The smallest absolute Gasteiger partial charge is 0.0250 e. The SMILES string of the molecule is CCCCc1c(Br)ccc(CC)c1Br. The lowest BCUT2D eigenvalue weighted by molar-refractivity contribution is 0.788. The van der Waals surface area contributed by atoms with E-state index in [1.165, 1.54) is 32.9 Å². The van der Waals surface area contributed by atoms with E-state index < -0.39 is 0 Å². The maximum absolute atomic E-state index is 3.69. The largest absolute Gasteiger partial charge is 0.0654 e. The highest BCUT2D eigenvalue weighted by Crippen LogP contribution is 2.30. The Kier molecular flexibility index (Phi) is 5.18. The molecule has 0 N–H and O–H groups in total. The molecule has 0 saturated heterocycles. The molecule has 0 aromatic heterocycles. The van der Waals surface area contributed by atoms with Crippen molar-refractivity contribution in [3.63, 3.8) is 0 Å². The fourth-order valence-corrected chi connectivity index (χ4v) is 3.12. The molecule has 0 unspecified atom stereocenters. The van der Waals surface area contributed by atoms with Crippen molar-refractivity contribution in [2.45, 2.75) is 39.5 Å². The van der Waals surface area contributed by atoms with Crippen LogP contribution >= 0.6 is 31.9 Å². The zero-order chi connectivity index (χ0) is 10.6. The van der Waals surface area contributed by atoms with Gasteiger partial charge in [0, 0.05) is 8.95 Å². The first-order valence-electron chi connectivity index (χ1n) is 5.16. The van der Waals surface area contributed by atoms with Crippen LogP contribution in [0.15, 0.2) is 21.1 Å². The van der Waals surface area contributed by atoms with E-state index in [0.717, 1.165) is 12.8 Å². The third kappa shape index (κ3) is 2.83. The molecule has 0 radical (unpaired) electrons. The molecular weight excluding hydrogens is 304 g/mol. The highest BCUT2D eigenvalue weighted by atomic mass is 79.9. The summed E-state index contributed by atoms with van der Waals surface area (Å²) >= 11 is 7.30. The molecule has 0 amide bonds. The number of hydrogen-bond acceptors (Lipinski definition) is 0. The predicted octanol–water partition coefficient (Wildman–Crippen LogP) is 5.12. The quantitative estimate of drug-likeness (QED) is 0.722. The van der Waals surface area contributed by atoms with Gasteiger partial charge in [-0.25, -0.2) is 0 Å². The van der Waals surface area contributed by atoms with Crippen molar-refractivity contribution >= 4 is 31.9 Å². The van der Waals surface area contributed by atoms with Gasteiger partial charge in [0.15, 0.2) is 0 Å². The minimum absolute atomic E-state index is 1.09. The Morgan fingerprint density at radius 2 is 1.86 bits per heavy atom. The van der Waals surface area contributed by atoms with E-state index in [-0.39, 0.29) is 0 Å². The van der Waals surface area contributed by atoms with E-state index in [1.54, 1.807) is 0 Å². The third-order valence-corrected chi connectivity index (χ3v) is 4.16. The average Bonchev–Trinajstić information content (AvgIpc) is 2.18. The Bertz CT molecular complexity index is 305. The van der Waals surface area contributed by atoms with Gasteiger partial charge in [-0.05, 0) is 36.5 Å². The second kappa shape index (κ2) is 5.92. The zero-order valence-corrected chi connectivity index (χ0v) is 11.9. The average molecular weight is 320 g/mol. The first-order valence-corrected chi connectivity index (χ1v) is 6.75. The molecular formula is C12H16Br2. The Morgan fingerprint density at radius 1 is 1.14 bits per heavy atom. The number of benzene rings is 1. The van der Waals surface area contributed by atoms with Crippen LogP contribution in [0.25, 0.3) is 0 Å². The molecule has 1 rings (SSSR count). The second-order valence-corrected chi connectivity index (χ2v) is 5.10. The summed E-state index contributed by atoms with van der Waals surface area (Å²) in [5.74, 6) is 0. The van der Waals surface area contributed by atoms with Gasteiger partial charge in [-0.3, -0.25) is 0 Å². The molecule has 0 aliphatic carbocycles. The Hall–Kier alpha value is 0.180. The van der Waals surface area contributed by atoms with Gasteiger partial charge in [-0.2, -0.15) is 0 Å². The van der Waals surface area contributed by atoms with Crippen LogP contribution in [0.4, 0.5) is 0 Å². The lowest BCUT2D eigenvalue weighted by Gasteiger charge is -2.10. The van der Waals surface area contributed by atoms with Crippen molar-refractivity contribution in [1.82, 2.24) is 0 Å². The summed E-state index contributed by atoms with van der Waals surface area (Å²) in [5.41, 5.74) is 2.82. The standard InChI is InChI=1S/C12H16Br2/c1-3-5-6-10-11(13)8-7-9(4-2)12(10)14/h7-8H,3-6H2,1-2H3. The van der Waals surface area contributed by atoms with Crippen LogP contribution in [0, 0.1) is 0 Å². The second-order valence-electron chi connectivity index (χ2n) is 3.46. The lowest BCUT2D eigenvalue weighted by atomic mass is 10.0. The van der Waals surface area contributed by atoms with Crippen molar-refractivity contribution in [3.05, 3.63) is 32.2 Å². The van der Waals surface area contributed by atoms with E-state index in [2.05, 4.69) is 57.8 Å². The molecule has 2 heteroatoms. The molecule has 0 bridgehead atoms. The summed E-state index contributed by atoms with van der Waals surface area (Å²) in [6.07, 6.45) is 4.75. The van der Waals surface area contributed by atoms with E-state index in [9.17, 15) is 0 Å². The minimum atomic E-state index is 1.09. The van der Waals surface area contributed by atoms with Gasteiger partial charge in [-0.1, -0.05) is 58.2 Å². The van der Waals surface area contributed by atoms with E-state index in [1.807, 2.05) is 0 Å². The molecule has 0 aliphatic heterocycles. The highest BCUT2D eigenvalue weighted by Gasteiger charge is 2.07. The highest BCUT2D eigenvalue weighted by molar-refractivity contribution is 9.11. The Balaban J connectivity index is 2.99. The maximum atomic E-state index is 3.69. The third-order valence-electron chi connectivity index (χ3n) is 2.43. The molecule has 0 heterocycles. The van der Waals surface area contributed by atoms with Gasteiger partial charge in [0.05, 0.1) is 0 Å². The lowest BCUT2D eigenvalue weighted by Crippen LogP contribution is -1.93. The summed E-state index contributed by atoms with van der Waals surface area (Å²) in [7, 11) is 0. The first kappa shape index (κ1) is 12.3. The number of rotatable bonds is 4. The maximum Gasteiger partial charge on any atom is 0.0250 e. The van der Waals surface area contributed by atoms with Crippen LogP contribution in [0.5, 0.6) is 0 Å². The van der Waals surface area contributed by atoms with Crippen LogP contribution < -0.4 is 0 Å². The van der Waals surface area contributed by atoms with Gasteiger partial charge in [-0.15, -0.1) is 0 Å². The van der Waals surface area contributed by atoms with Crippen LogP contribution in [0.3, 0.4) is 0 Å². The molecule has 1 aromatic carbocycles. The van der Waals surface area contributed by atoms with Crippen molar-refractivity contribution in [1.29, 1.82) is 0 Å². The molecule has 0 atom stereocenters. The number of unbranched alkanes of at least 4 members (excludes halogenated alkanes) is 1. The van der Waals surface area contributed by atoms with Crippen molar-refractivity contribution < 1.29 is 0 Å². The predicted molar refractivity (Wildman–Crippen MR) is 69.8 cm³/mol. The molecule has 0 spiro atoms. The van der Waals surface area contributed by atoms with E-state index >= 15 is 0 Å². The van der Waals surface area contributed by atoms with Gasteiger partial charge in [0.25, 0.3) is 0 Å². The normalized spacial score (nSPS) is 10.6. The molecule has 0 fully saturated rings. The Morgan fingerprint density at radius 3 is 2.43 bits per heavy atom. The fraction of sp³-hybridized carbons (Fsp3) is 0.500. The molecule has 1 aromatic rings. The van der Waals surface area contributed by atoms with Crippen LogP contribution in [0.2, 0.25) is 0 Å². The molecule has 0 nitrogen and oxygen atoms in total. The van der Waals surface area contributed by atoms with Crippen molar-refractivity contribution in [2.24, 2.45) is 0 Å². The molecule has 78 valence electrons. The Labute approximate surface area is 103 Å². The van der Waals surface area contributed by atoms with Gasteiger partial charge in [0.1, 0.15) is 0 Å². The fourth-order valence-electron chi connectivity index (χ4n) is 1.50. The van der Waals surface area contributed by atoms with Gasteiger partial charge >= 0.3 is 0 Å². The van der Waals surface area contributed by atoms with Gasteiger partial charge < -0.3 is 0 Å². The first-order chi connectivity index (χ1) is 6.70. The van der Waals surface area contributed by atoms with Crippen LogP contribution in [-0.4, -0.2) is 0 Å². The number of aryl methyl sites for hydroxylation is 1. The van der Waals surface area contributed by atoms with Crippen LogP contribution in [0.1, 0.15) is 37.8 Å². The topological polar surface area (TPSA) is 0 Å². The van der Waals surface area contributed by atoms with E-state index in [0.29, 0.717) is 0 Å². The summed E-state index contributed by atoms with van der Waals surface area (Å²) < 4.78 is 2.53. The molecule has 0 aliphatic rings. The zero-order valence-electron chi connectivity index (χ0n) is 8.74. The van der Waals surface area contributed by atoms with E-state index in [4.69, 9.17) is 0 Å². The monoisotopic (exact) mass is 318 g/mol. The molecule has 0 saturated carbocycles. The van der Waals surface area contributed by atoms with Crippen molar-refractivity contribution in [2.75, 3.05) is 0 Å². The summed E-state index contributed by atoms with van der Waals surface area (Å²) in [5, 5.41) is 0. The number of halogens is 2. The summed E-state index contributed by atoms with van der Waals surface area (Å²) in [4.78, 5) is 0. The summed E-state index contributed by atoms with van der Waals surface area (Å²) in [6.45, 7) is 4.42. The van der Waals surface area contributed by atoms with Crippen LogP contribution in [-0.2, 0) is 12.8 Å². The number of hydrogen-bond donors (Lipinski definition) is 0. The van der Waals surface area contributed by atoms with Crippen molar-refractivity contribution in [3.8, 4) is 0 Å². The molecule has 14 heavy (non-hydrogen) atoms. The summed E-state index contributed by atoms with van der Waals surface area (Å²) in [6, 6.07) is 4.35. The van der Waals surface area contributed by atoms with Gasteiger partial charge in [0.2, 0.25) is 0 Å². The minimum Gasteiger partial charge on any atom is -0.0654 e.